The van der Waals surface area contributed by atoms with Crippen LogP contribution in [0.15, 0.2) is 66.9 Å². The van der Waals surface area contributed by atoms with Crippen molar-refractivity contribution in [3.05, 3.63) is 100 Å². The molecule has 10 heteroatoms. The summed E-state index contributed by atoms with van der Waals surface area (Å²) < 4.78 is 60.9. The number of nitrogens with one attached hydrogen (secondary N) is 1. The molecular weight excluding hydrogens is 486 g/mol. The second kappa shape index (κ2) is 10.2. The molecule has 1 atom stereocenters. The molecule has 0 spiro atoms. The van der Waals surface area contributed by atoms with E-state index in [9.17, 15) is 22.4 Å². The van der Waals surface area contributed by atoms with Gasteiger partial charge in [-0.25, -0.2) is 9.18 Å². The maximum Gasteiger partial charge on any atom is 0.416 e. The quantitative estimate of drug-likeness (QED) is 0.469. The Labute approximate surface area is 204 Å². The fourth-order valence-corrected chi connectivity index (χ4v) is 4.19. The van der Waals surface area contributed by atoms with E-state index in [0.717, 1.165) is 12.1 Å². The lowest BCUT2D eigenvalue weighted by atomic mass is 9.79. The number of amides is 2. The molecule has 2 amide bonds. The fraction of sp³-hybridized carbons (Fsp3) is 0.280. The zero-order chi connectivity index (χ0) is 25.1. The minimum absolute atomic E-state index is 0.0132. The van der Waals surface area contributed by atoms with Crippen molar-refractivity contribution in [2.24, 2.45) is 0 Å². The van der Waals surface area contributed by atoms with Crippen LogP contribution in [0.5, 0.6) is 0 Å². The molecular formula is C25H22ClF4N3O2. The van der Waals surface area contributed by atoms with E-state index in [1.807, 2.05) is 0 Å². The molecule has 1 aliphatic heterocycles. The SMILES string of the molecule is O=C(NC(Cc1ccccc1)(c1cc(F)cc(C(F)(F)F)c1)c1ccc(Cl)cn1)N1CCOCC1. The molecule has 1 N–H and O–H groups in total. The number of aromatic nitrogens is 1. The molecule has 1 saturated heterocycles. The average molecular weight is 508 g/mol. The Balaban J connectivity index is 1.92. The smallest absolute Gasteiger partial charge is 0.378 e. The molecule has 1 fully saturated rings. The number of carbonyl (C=O) groups is 1. The molecule has 1 aliphatic rings. The summed E-state index contributed by atoms with van der Waals surface area (Å²) in [6.07, 6.45) is -3.45. The number of morpholine rings is 1. The summed E-state index contributed by atoms with van der Waals surface area (Å²) in [4.78, 5) is 19.2. The van der Waals surface area contributed by atoms with E-state index < -0.39 is 29.1 Å². The van der Waals surface area contributed by atoms with E-state index >= 15 is 0 Å². The van der Waals surface area contributed by atoms with Gasteiger partial charge in [0.15, 0.2) is 0 Å². The Morgan fingerprint density at radius 1 is 1.03 bits per heavy atom. The Hall–Kier alpha value is -3.17. The zero-order valence-electron chi connectivity index (χ0n) is 18.5. The summed E-state index contributed by atoms with van der Waals surface area (Å²) in [5.41, 5.74) is -1.98. The van der Waals surface area contributed by atoms with Crippen LogP contribution in [0, 0.1) is 5.82 Å². The molecule has 4 rings (SSSR count). The van der Waals surface area contributed by atoms with Crippen molar-refractivity contribution < 1.29 is 27.1 Å². The van der Waals surface area contributed by atoms with Crippen molar-refractivity contribution in [2.45, 2.75) is 18.1 Å². The molecule has 0 saturated carbocycles. The number of alkyl halides is 3. The standard InChI is InChI=1S/C25H22ClF4N3O2/c26-20-6-7-22(31-16-20)24(15-17-4-2-1-3-5-17,32-23(34)33-8-10-35-11-9-33)18-12-19(25(28,29)30)14-21(27)13-18/h1-7,12-14,16H,8-11,15H2,(H,32,34). The molecule has 35 heavy (non-hydrogen) atoms. The molecule has 2 aromatic carbocycles. The predicted molar refractivity (Wildman–Crippen MR) is 122 cm³/mol. The summed E-state index contributed by atoms with van der Waals surface area (Å²) >= 11 is 6.03. The maximum atomic E-state index is 14.6. The van der Waals surface area contributed by atoms with E-state index in [-0.39, 0.29) is 17.7 Å². The van der Waals surface area contributed by atoms with Crippen molar-refractivity contribution >= 4 is 17.6 Å². The van der Waals surface area contributed by atoms with Gasteiger partial charge in [0.25, 0.3) is 0 Å². The summed E-state index contributed by atoms with van der Waals surface area (Å²) in [6, 6.07) is 13.7. The van der Waals surface area contributed by atoms with Gasteiger partial charge in [0.05, 0.1) is 29.5 Å². The van der Waals surface area contributed by atoms with Crippen molar-refractivity contribution in [2.75, 3.05) is 26.3 Å². The van der Waals surface area contributed by atoms with Crippen molar-refractivity contribution in [1.82, 2.24) is 15.2 Å². The molecule has 0 bridgehead atoms. The Morgan fingerprint density at radius 2 is 1.71 bits per heavy atom. The predicted octanol–water partition coefficient (Wildman–Crippen LogP) is 5.42. The first-order chi connectivity index (χ1) is 16.7. The molecule has 2 heterocycles. The van der Waals surface area contributed by atoms with Crippen LogP contribution in [0.2, 0.25) is 5.02 Å². The van der Waals surface area contributed by atoms with Gasteiger partial charge in [-0.15, -0.1) is 0 Å². The third-order valence-corrected chi connectivity index (χ3v) is 6.04. The van der Waals surface area contributed by atoms with E-state index in [0.29, 0.717) is 43.0 Å². The van der Waals surface area contributed by atoms with Gasteiger partial charge in [-0.3, -0.25) is 4.98 Å². The van der Waals surface area contributed by atoms with E-state index in [2.05, 4.69) is 10.3 Å². The third kappa shape index (κ3) is 5.74. The first-order valence-corrected chi connectivity index (χ1v) is 11.2. The molecule has 5 nitrogen and oxygen atoms in total. The summed E-state index contributed by atoms with van der Waals surface area (Å²) in [5.74, 6) is -1.08. The monoisotopic (exact) mass is 507 g/mol. The van der Waals surface area contributed by atoms with Crippen LogP contribution < -0.4 is 5.32 Å². The van der Waals surface area contributed by atoms with Crippen molar-refractivity contribution in [1.29, 1.82) is 0 Å². The Kier molecular flexibility index (Phi) is 7.28. The van der Waals surface area contributed by atoms with Gasteiger partial charge in [-0.1, -0.05) is 41.9 Å². The molecule has 1 unspecified atom stereocenters. The molecule has 1 aromatic heterocycles. The minimum atomic E-state index is -4.79. The van der Waals surface area contributed by atoms with E-state index in [1.165, 1.54) is 23.2 Å². The second-order valence-electron chi connectivity index (χ2n) is 8.19. The highest BCUT2D eigenvalue weighted by Gasteiger charge is 2.41. The highest BCUT2D eigenvalue weighted by atomic mass is 35.5. The third-order valence-electron chi connectivity index (χ3n) is 5.81. The number of ether oxygens (including phenoxy) is 1. The Morgan fingerprint density at radius 3 is 2.34 bits per heavy atom. The zero-order valence-corrected chi connectivity index (χ0v) is 19.2. The van der Waals surface area contributed by atoms with Gasteiger partial charge in [0.2, 0.25) is 0 Å². The number of urea groups is 1. The van der Waals surface area contributed by atoms with Crippen LogP contribution in [0.25, 0.3) is 0 Å². The summed E-state index contributed by atoms with van der Waals surface area (Å²) in [5, 5.41) is 3.20. The highest BCUT2D eigenvalue weighted by Crippen LogP contribution is 2.38. The van der Waals surface area contributed by atoms with Crippen LogP contribution in [0.3, 0.4) is 0 Å². The van der Waals surface area contributed by atoms with Gasteiger partial charge in [0.1, 0.15) is 11.4 Å². The van der Waals surface area contributed by atoms with Crippen LogP contribution in [-0.2, 0) is 22.9 Å². The highest BCUT2D eigenvalue weighted by molar-refractivity contribution is 6.30. The van der Waals surface area contributed by atoms with Gasteiger partial charge in [-0.05, 0) is 41.5 Å². The van der Waals surface area contributed by atoms with Crippen LogP contribution in [0.4, 0.5) is 22.4 Å². The largest absolute Gasteiger partial charge is 0.416 e. The van der Waals surface area contributed by atoms with Crippen LogP contribution in [0.1, 0.15) is 22.4 Å². The molecule has 3 aromatic rings. The molecule has 184 valence electrons. The van der Waals surface area contributed by atoms with E-state index in [1.54, 1.807) is 30.3 Å². The number of benzene rings is 2. The first-order valence-electron chi connectivity index (χ1n) is 10.9. The van der Waals surface area contributed by atoms with Crippen molar-refractivity contribution in [3.63, 3.8) is 0 Å². The van der Waals surface area contributed by atoms with E-state index in [4.69, 9.17) is 16.3 Å². The summed E-state index contributed by atoms with van der Waals surface area (Å²) in [7, 11) is 0. The molecule has 0 aliphatic carbocycles. The van der Waals surface area contributed by atoms with Gasteiger partial charge >= 0.3 is 12.2 Å². The maximum absolute atomic E-state index is 14.6. The Bertz CT molecular complexity index is 1170. The fourth-order valence-electron chi connectivity index (χ4n) is 4.08. The normalized spacial score (nSPS) is 16.0. The number of halogens is 5. The van der Waals surface area contributed by atoms with Gasteiger partial charge in [-0.2, -0.15) is 13.2 Å². The lowest BCUT2D eigenvalue weighted by molar-refractivity contribution is -0.137. The lowest BCUT2D eigenvalue weighted by Crippen LogP contribution is -2.55. The number of nitrogens with zero attached hydrogens (tertiary/aromatic N) is 2. The van der Waals surface area contributed by atoms with Crippen LogP contribution >= 0.6 is 11.6 Å². The number of carbonyl (C=O) groups excluding carboxylic acids is 1. The van der Waals surface area contributed by atoms with Gasteiger partial charge in [0, 0.05) is 25.7 Å². The average Bonchev–Trinajstić information content (AvgIpc) is 2.84. The summed E-state index contributed by atoms with van der Waals surface area (Å²) in [6.45, 7) is 1.27. The topological polar surface area (TPSA) is 54.5 Å². The first kappa shape index (κ1) is 24.9. The second-order valence-corrected chi connectivity index (χ2v) is 8.62. The molecule has 0 radical (unpaired) electrons. The minimum Gasteiger partial charge on any atom is -0.378 e. The number of rotatable bonds is 5. The van der Waals surface area contributed by atoms with Crippen LogP contribution in [-0.4, -0.2) is 42.2 Å². The number of pyridine rings is 1. The number of hydrogen-bond acceptors (Lipinski definition) is 3. The number of hydrogen-bond donors (Lipinski definition) is 1. The van der Waals surface area contributed by atoms with Crippen molar-refractivity contribution in [3.8, 4) is 0 Å². The lowest BCUT2D eigenvalue weighted by Gasteiger charge is -2.38. The van der Waals surface area contributed by atoms with Gasteiger partial charge < -0.3 is 15.0 Å².